The zero-order valence-electron chi connectivity index (χ0n) is 25.0. The molecule has 0 amide bonds. The van der Waals surface area contributed by atoms with Crippen LogP contribution in [0.15, 0.2) is 158 Å². The van der Waals surface area contributed by atoms with Gasteiger partial charge in [-0.25, -0.2) is 0 Å². The quantitative estimate of drug-likeness (QED) is 0.197. The minimum atomic E-state index is -1.78. The molecule has 0 bridgehead atoms. The number of halogens is 2. The molecule has 6 aromatic carbocycles. The van der Waals surface area contributed by atoms with Gasteiger partial charge in [-0.2, -0.15) is 0 Å². The standard InChI is InChI=1S/2C19H17OP.2ClH.Zr/c2*1-15-9-8-14-18(19(15)20)21(16-10-4-2-5-11-16)17-12-6-3-7-13-17;;;/h2*2-14,20H,1H3;2*1H;/q;;;;+4/p-4. The number of hydrogen-bond acceptors (Lipinski definition) is 2. The van der Waals surface area contributed by atoms with Crippen molar-refractivity contribution < 1.29 is 54.6 Å². The van der Waals surface area contributed by atoms with Crippen molar-refractivity contribution in [3.63, 3.8) is 0 Å². The predicted molar refractivity (Wildman–Crippen MR) is 181 cm³/mol. The molecule has 0 radical (unpaired) electrons. The van der Waals surface area contributed by atoms with Gasteiger partial charge in [0.1, 0.15) is 0 Å². The van der Waals surface area contributed by atoms with Crippen molar-refractivity contribution in [1.82, 2.24) is 0 Å². The molecular formula is C38H32Cl2O2P2Zr. The van der Waals surface area contributed by atoms with Crippen molar-refractivity contribution in [2.75, 3.05) is 0 Å². The molecule has 0 saturated heterocycles. The van der Waals surface area contributed by atoms with E-state index in [1.807, 2.05) is 0 Å². The van der Waals surface area contributed by atoms with E-state index in [2.05, 4.69) is 172 Å². The van der Waals surface area contributed by atoms with E-state index in [9.17, 15) is 0 Å². The summed E-state index contributed by atoms with van der Waals surface area (Å²) in [6.45, 7) is 4.29. The first kappa shape index (κ1) is 35.1. The van der Waals surface area contributed by atoms with E-state index >= 15 is 0 Å². The Hall–Kier alpha value is -2.76. The Morgan fingerprint density at radius 1 is 0.378 bits per heavy atom. The summed E-state index contributed by atoms with van der Waals surface area (Å²) in [4.78, 5) is 0. The summed E-state index contributed by atoms with van der Waals surface area (Å²) in [6.07, 6.45) is 0. The first-order chi connectivity index (χ1) is 21.2. The normalized spacial score (nSPS) is 10.4. The molecule has 6 aromatic rings. The summed E-state index contributed by atoms with van der Waals surface area (Å²) < 4.78 is 13.5. The van der Waals surface area contributed by atoms with E-state index in [1.165, 1.54) is 31.8 Å². The van der Waals surface area contributed by atoms with Gasteiger partial charge in [0.15, 0.2) is 0 Å². The second-order valence-electron chi connectivity index (χ2n) is 10.1. The second-order valence-corrected chi connectivity index (χ2v) is 15.9. The van der Waals surface area contributed by atoms with Crippen LogP contribution in [0.1, 0.15) is 11.1 Å². The number of aryl methyl sites for hydroxylation is 2. The largest absolute Gasteiger partial charge is 1.00 e. The molecule has 0 unspecified atom stereocenters. The smallest absolute Gasteiger partial charge is 1.00 e. The van der Waals surface area contributed by atoms with Gasteiger partial charge in [-0.05, 0) is 0 Å². The third-order valence-corrected chi connectivity index (χ3v) is 13.5. The molecule has 0 aromatic heterocycles. The Bertz CT molecular complexity index is 1570. The van der Waals surface area contributed by atoms with Gasteiger partial charge in [-0.15, -0.1) is 0 Å². The molecule has 0 atom stereocenters. The molecule has 7 heteroatoms. The Morgan fingerprint density at radius 3 is 0.956 bits per heavy atom. The molecule has 0 fully saturated rings. The average Bonchev–Trinajstić information content (AvgIpc) is 3.06. The summed E-state index contributed by atoms with van der Waals surface area (Å²) in [6, 6.07) is 56.2. The van der Waals surface area contributed by atoms with Crippen LogP contribution in [0.25, 0.3) is 0 Å². The van der Waals surface area contributed by atoms with Gasteiger partial charge in [0.05, 0.1) is 0 Å². The first-order valence-electron chi connectivity index (χ1n) is 14.3. The van der Waals surface area contributed by atoms with Crippen molar-refractivity contribution in [3.8, 4) is 11.5 Å². The summed E-state index contributed by atoms with van der Waals surface area (Å²) in [5, 5.41) is 7.70. The summed E-state index contributed by atoms with van der Waals surface area (Å²) >= 11 is -1.78. The van der Waals surface area contributed by atoms with Gasteiger partial charge in [0.2, 0.25) is 0 Å². The van der Waals surface area contributed by atoms with Crippen LogP contribution in [-0.2, 0) is 24.1 Å². The average molecular weight is 745 g/mol. The van der Waals surface area contributed by atoms with Gasteiger partial charge < -0.3 is 24.8 Å². The summed E-state index contributed by atoms with van der Waals surface area (Å²) in [7, 11) is -1.57. The molecule has 224 valence electrons. The topological polar surface area (TPSA) is 18.5 Å². The van der Waals surface area contributed by atoms with Crippen molar-refractivity contribution >= 4 is 47.7 Å². The maximum atomic E-state index is 6.77. The van der Waals surface area contributed by atoms with Gasteiger partial charge in [0, 0.05) is 0 Å². The molecule has 0 spiro atoms. The van der Waals surface area contributed by atoms with Crippen LogP contribution in [0, 0.1) is 13.8 Å². The predicted octanol–water partition coefficient (Wildman–Crippen LogP) is 1.20. The molecule has 6 rings (SSSR count). The fourth-order valence-corrected chi connectivity index (χ4v) is 12.3. The second kappa shape index (κ2) is 17.2. The van der Waals surface area contributed by atoms with Gasteiger partial charge in [-0.3, -0.25) is 0 Å². The van der Waals surface area contributed by atoms with Crippen LogP contribution >= 0.6 is 15.8 Å². The van der Waals surface area contributed by atoms with Crippen molar-refractivity contribution in [2.24, 2.45) is 0 Å². The van der Waals surface area contributed by atoms with Crippen LogP contribution in [0.4, 0.5) is 0 Å². The van der Waals surface area contributed by atoms with Crippen molar-refractivity contribution in [3.05, 3.63) is 169 Å². The Labute approximate surface area is 294 Å². The molecule has 45 heavy (non-hydrogen) atoms. The van der Waals surface area contributed by atoms with E-state index in [0.29, 0.717) is 0 Å². The van der Waals surface area contributed by atoms with Gasteiger partial charge in [0.25, 0.3) is 0 Å². The van der Waals surface area contributed by atoms with Crippen LogP contribution in [0.2, 0.25) is 0 Å². The Morgan fingerprint density at radius 2 is 0.667 bits per heavy atom. The number of benzene rings is 6. The van der Waals surface area contributed by atoms with Crippen LogP contribution in [0.3, 0.4) is 0 Å². The Kier molecular flexibility index (Phi) is 13.4. The molecule has 0 heterocycles. The number of rotatable bonds is 10. The van der Waals surface area contributed by atoms with Gasteiger partial charge >= 0.3 is 272 Å². The maximum absolute atomic E-state index is 6.77. The van der Waals surface area contributed by atoms with E-state index < -0.39 is 40.0 Å². The first-order valence-corrected chi connectivity index (χ1v) is 19.0. The minimum Gasteiger partial charge on any atom is -1.00 e. The zero-order valence-corrected chi connectivity index (χ0v) is 30.7. The molecule has 2 nitrogen and oxygen atoms in total. The molecule has 0 aliphatic rings. The summed E-state index contributed by atoms with van der Waals surface area (Å²) in [5.41, 5.74) is 2.28. The molecular weight excluding hydrogens is 712 g/mol. The zero-order chi connectivity index (χ0) is 29.4. The minimum absolute atomic E-state index is 0. The monoisotopic (exact) mass is 742 g/mol. The molecule has 0 aliphatic carbocycles. The SMILES string of the molecule is Cc1cccc(P(c2ccccc2)c2ccccc2)c1[O][Zr+2][O]c1c(C)cccc1P(c1ccccc1)c1ccccc1.[Cl-].[Cl-]. The van der Waals surface area contributed by atoms with Crippen LogP contribution < -0.4 is 62.3 Å². The van der Waals surface area contributed by atoms with E-state index in [-0.39, 0.29) is 24.8 Å². The number of para-hydroxylation sites is 2. The third-order valence-electron chi connectivity index (χ3n) is 7.21. The van der Waals surface area contributed by atoms with Gasteiger partial charge in [-0.1, -0.05) is 0 Å². The fourth-order valence-electron chi connectivity index (χ4n) is 5.16. The van der Waals surface area contributed by atoms with Crippen LogP contribution in [0.5, 0.6) is 11.5 Å². The molecule has 0 aliphatic heterocycles. The van der Waals surface area contributed by atoms with Crippen LogP contribution in [-0.4, -0.2) is 0 Å². The van der Waals surface area contributed by atoms with Crippen molar-refractivity contribution in [2.45, 2.75) is 13.8 Å². The van der Waals surface area contributed by atoms with E-state index in [4.69, 9.17) is 5.63 Å². The summed E-state index contributed by atoms with van der Waals surface area (Å²) in [5.74, 6) is 1.94. The Balaban J connectivity index is 0.00000230. The third kappa shape index (κ3) is 8.34. The van der Waals surface area contributed by atoms with E-state index in [0.717, 1.165) is 22.6 Å². The molecule has 0 N–H and O–H groups in total. The maximum Gasteiger partial charge on any atom is -1.00 e. The molecule has 0 saturated carbocycles. The number of hydrogen-bond donors (Lipinski definition) is 0. The fraction of sp³-hybridized carbons (Fsp3) is 0.0526. The van der Waals surface area contributed by atoms with E-state index in [1.54, 1.807) is 0 Å². The van der Waals surface area contributed by atoms with Crippen molar-refractivity contribution in [1.29, 1.82) is 0 Å².